The largest absolute Gasteiger partial charge is 0.508 e. The summed E-state index contributed by atoms with van der Waals surface area (Å²) in [5.41, 5.74) is 1.50. The maximum Gasteiger partial charge on any atom is 0.305 e. The molecule has 1 aliphatic rings. The van der Waals surface area contributed by atoms with Crippen LogP contribution in [0, 0.1) is 0 Å². The Morgan fingerprint density at radius 1 is 1.14 bits per heavy atom. The Morgan fingerprint density at radius 2 is 1.86 bits per heavy atom. The number of aromatic hydroxyl groups is 1. The second-order valence-corrected chi connectivity index (χ2v) is 6.98. The lowest BCUT2D eigenvalue weighted by atomic mass is 10.2. The minimum absolute atomic E-state index is 0.0627. The number of hydrogen-bond acceptors (Lipinski definition) is 6. The van der Waals surface area contributed by atoms with Gasteiger partial charge in [-0.25, -0.2) is 0 Å². The number of thioether (sulfide) groups is 1. The summed E-state index contributed by atoms with van der Waals surface area (Å²) in [5.74, 6) is -1.38. The molecule has 0 bridgehead atoms. The van der Waals surface area contributed by atoms with Crippen LogP contribution in [0.25, 0.3) is 6.08 Å². The summed E-state index contributed by atoms with van der Waals surface area (Å²) in [7, 11) is 0. The van der Waals surface area contributed by atoms with Gasteiger partial charge in [0.1, 0.15) is 11.0 Å². The average Bonchev–Trinajstić information content (AvgIpc) is 2.98. The lowest BCUT2D eigenvalue weighted by Crippen LogP contribution is -2.32. The summed E-state index contributed by atoms with van der Waals surface area (Å²) >= 11 is 1.05. The van der Waals surface area contributed by atoms with Crippen LogP contribution in [0.2, 0.25) is 0 Å². The Bertz CT molecular complexity index is 940. The number of aliphatic carboxylic acids is 1. The predicted molar refractivity (Wildman–Crippen MR) is 111 cm³/mol. The van der Waals surface area contributed by atoms with Gasteiger partial charge in [0, 0.05) is 6.21 Å². The summed E-state index contributed by atoms with van der Waals surface area (Å²) in [6.45, 7) is 0. The molecule has 0 aliphatic carbocycles. The molecule has 1 fully saturated rings. The minimum Gasteiger partial charge on any atom is -0.508 e. The molecule has 1 amide bonds. The Labute approximate surface area is 165 Å². The van der Waals surface area contributed by atoms with Gasteiger partial charge in [-0.15, -0.1) is 5.10 Å². The molecule has 2 N–H and O–H groups in total. The number of nitrogens with zero attached hydrogens (tertiary/aromatic N) is 3. The monoisotopic (exact) mass is 395 g/mol. The number of amidine groups is 1. The first kappa shape index (κ1) is 19.4. The highest BCUT2D eigenvalue weighted by Gasteiger charge is 2.40. The first-order valence-electron chi connectivity index (χ1n) is 8.39. The predicted octanol–water partition coefficient (Wildman–Crippen LogP) is 3.37. The zero-order valence-electron chi connectivity index (χ0n) is 14.7. The van der Waals surface area contributed by atoms with Crippen LogP contribution in [0.5, 0.6) is 5.75 Å². The molecular weight excluding hydrogens is 378 g/mol. The number of amides is 1. The van der Waals surface area contributed by atoms with Gasteiger partial charge in [-0.3, -0.25) is 14.5 Å². The van der Waals surface area contributed by atoms with Gasteiger partial charge in [0.15, 0.2) is 5.17 Å². The lowest BCUT2D eigenvalue weighted by molar-refractivity contribution is -0.138. The van der Waals surface area contributed by atoms with Crippen LogP contribution in [0.3, 0.4) is 0 Å². The van der Waals surface area contributed by atoms with Crippen molar-refractivity contribution in [3.63, 3.8) is 0 Å². The third-order valence-electron chi connectivity index (χ3n) is 3.79. The number of phenolic OH excluding ortho intramolecular Hbond substituents is 1. The van der Waals surface area contributed by atoms with Crippen molar-refractivity contribution >= 4 is 46.8 Å². The summed E-state index contributed by atoms with van der Waals surface area (Å²) in [6, 6.07) is 15.7. The van der Waals surface area contributed by atoms with Gasteiger partial charge in [0.2, 0.25) is 5.91 Å². The number of anilines is 1. The third-order valence-corrected chi connectivity index (χ3v) is 4.91. The normalized spacial score (nSPS) is 18.6. The van der Waals surface area contributed by atoms with E-state index in [0.717, 1.165) is 17.3 Å². The van der Waals surface area contributed by atoms with Crippen molar-refractivity contribution in [1.29, 1.82) is 0 Å². The molecule has 0 unspecified atom stereocenters. The second kappa shape index (κ2) is 9.01. The van der Waals surface area contributed by atoms with E-state index in [1.807, 2.05) is 36.4 Å². The molecule has 0 saturated carbocycles. The first-order valence-corrected chi connectivity index (χ1v) is 9.27. The molecule has 1 aliphatic heterocycles. The maximum atomic E-state index is 12.6. The van der Waals surface area contributed by atoms with Gasteiger partial charge in [0.25, 0.3) is 0 Å². The Kier molecular flexibility index (Phi) is 6.23. The molecule has 1 atom stereocenters. The van der Waals surface area contributed by atoms with E-state index in [2.05, 4.69) is 10.2 Å². The number of carbonyl (C=O) groups is 2. The number of phenols is 1. The molecule has 0 radical (unpaired) electrons. The molecular formula is C20H17N3O4S. The van der Waals surface area contributed by atoms with Crippen molar-refractivity contribution in [2.75, 3.05) is 4.90 Å². The highest BCUT2D eigenvalue weighted by molar-refractivity contribution is 8.16. The van der Waals surface area contributed by atoms with Crippen LogP contribution in [-0.2, 0) is 9.59 Å². The van der Waals surface area contributed by atoms with E-state index in [1.54, 1.807) is 18.2 Å². The van der Waals surface area contributed by atoms with Gasteiger partial charge < -0.3 is 10.2 Å². The van der Waals surface area contributed by atoms with E-state index in [-0.39, 0.29) is 23.2 Å². The Balaban J connectivity index is 1.80. The number of carbonyl (C=O) groups excluding carboxylic acids is 1. The molecule has 0 spiro atoms. The van der Waals surface area contributed by atoms with Gasteiger partial charge in [-0.05, 0) is 35.9 Å². The zero-order valence-corrected chi connectivity index (χ0v) is 15.5. The second-order valence-electron chi connectivity index (χ2n) is 5.81. The summed E-state index contributed by atoms with van der Waals surface area (Å²) in [6.07, 6.45) is 4.77. The lowest BCUT2D eigenvalue weighted by Gasteiger charge is -2.15. The molecule has 1 saturated heterocycles. The Morgan fingerprint density at radius 3 is 2.54 bits per heavy atom. The number of carboxylic acid groups (broad SMARTS) is 1. The Hall–Kier alpha value is -3.39. The molecule has 2 aromatic carbocycles. The molecule has 8 heteroatoms. The van der Waals surface area contributed by atoms with E-state index in [4.69, 9.17) is 5.11 Å². The standard InChI is InChI=1S/C20H17N3O4S/c24-16-10-8-15(9-11-16)23-19(27)17(13-18(25)26)28-20(23)22-21-12-4-7-14-5-2-1-3-6-14/h1-12,17,24H,13H2,(H,25,26)/b7-4+,21-12-,22-20-/t17-/m1/s1. The number of allylic oxidation sites excluding steroid dienone is 1. The van der Waals surface area contributed by atoms with E-state index in [1.165, 1.54) is 23.2 Å². The summed E-state index contributed by atoms with van der Waals surface area (Å²) < 4.78 is 0. The van der Waals surface area contributed by atoms with Crippen LogP contribution in [-0.4, -0.2) is 38.7 Å². The first-order chi connectivity index (χ1) is 13.5. The fourth-order valence-electron chi connectivity index (χ4n) is 2.50. The number of rotatable bonds is 6. The minimum atomic E-state index is -1.06. The highest BCUT2D eigenvalue weighted by atomic mass is 32.2. The van der Waals surface area contributed by atoms with E-state index < -0.39 is 11.2 Å². The molecule has 7 nitrogen and oxygen atoms in total. The van der Waals surface area contributed by atoms with Crippen LogP contribution in [0.4, 0.5) is 5.69 Å². The zero-order chi connectivity index (χ0) is 19.9. The highest BCUT2D eigenvalue weighted by Crippen LogP contribution is 2.34. The van der Waals surface area contributed by atoms with Crippen molar-refractivity contribution < 1.29 is 19.8 Å². The molecule has 28 heavy (non-hydrogen) atoms. The van der Waals surface area contributed by atoms with E-state index in [9.17, 15) is 14.7 Å². The van der Waals surface area contributed by atoms with Crippen molar-refractivity contribution in [3.05, 3.63) is 66.2 Å². The average molecular weight is 395 g/mol. The van der Waals surface area contributed by atoms with Gasteiger partial charge in [-0.2, -0.15) is 5.10 Å². The van der Waals surface area contributed by atoms with Crippen LogP contribution in [0.15, 0.2) is 70.9 Å². The number of hydrogen-bond donors (Lipinski definition) is 2. The smallest absolute Gasteiger partial charge is 0.305 e. The number of carboxylic acids is 1. The third kappa shape index (κ3) is 4.86. The molecule has 142 valence electrons. The van der Waals surface area contributed by atoms with Crippen LogP contribution < -0.4 is 4.90 Å². The maximum absolute atomic E-state index is 12.6. The van der Waals surface area contributed by atoms with Crippen LogP contribution in [0.1, 0.15) is 12.0 Å². The topological polar surface area (TPSA) is 103 Å². The van der Waals surface area contributed by atoms with Crippen molar-refractivity contribution in [3.8, 4) is 5.75 Å². The summed E-state index contributed by atoms with van der Waals surface area (Å²) in [4.78, 5) is 25.0. The van der Waals surface area contributed by atoms with E-state index >= 15 is 0 Å². The van der Waals surface area contributed by atoms with E-state index in [0.29, 0.717) is 5.69 Å². The quantitative estimate of drug-likeness (QED) is 0.577. The van der Waals surface area contributed by atoms with Gasteiger partial charge in [-0.1, -0.05) is 48.2 Å². The molecule has 1 heterocycles. The molecule has 2 aromatic rings. The van der Waals surface area contributed by atoms with Gasteiger partial charge in [0.05, 0.1) is 12.1 Å². The summed E-state index contributed by atoms with van der Waals surface area (Å²) in [5, 5.41) is 26.0. The molecule has 0 aromatic heterocycles. The van der Waals surface area contributed by atoms with Crippen molar-refractivity contribution in [2.45, 2.75) is 11.7 Å². The van der Waals surface area contributed by atoms with Crippen molar-refractivity contribution in [2.24, 2.45) is 10.2 Å². The SMILES string of the molecule is O=C(O)C[C@H]1S\C(=N/N=C\C=C\c2ccccc2)N(c2ccc(O)cc2)C1=O. The fraction of sp³-hybridized carbons (Fsp3) is 0.100. The van der Waals surface area contributed by atoms with Crippen molar-refractivity contribution in [1.82, 2.24) is 0 Å². The number of benzene rings is 2. The van der Waals surface area contributed by atoms with Crippen LogP contribution >= 0.6 is 11.8 Å². The van der Waals surface area contributed by atoms with Gasteiger partial charge >= 0.3 is 5.97 Å². The molecule has 3 rings (SSSR count). The fourth-order valence-corrected chi connectivity index (χ4v) is 3.59.